The van der Waals surface area contributed by atoms with Crippen LogP contribution in [0.2, 0.25) is 0 Å². The van der Waals surface area contributed by atoms with Gasteiger partial charge < -0.3 is 30.5 Å². The maximum atomic E-state index is 14.2. The highest BCUT2D eigenvalue weighted by Crippen LogP contribution is 2.27. The summed E-state index contributed by atoms with van der Waals surface area (Å²) in [6, 6.07) is 10.0. The van der Waals surface area contributed by atoms with Crippen molar-refractivity contribution in [1.82, 2.24) is 15.5 Å². The molecule has 0 heterocycles. The van der Waals surface area contributed by atoms with E-state index in [1.165, 1.54) is 29.2 Å². The fourth-order valence-corrected chi connectivity index (χ4v) is 3.96. The van der Waals surface area contributed by atoms with Gasteiger partial charge in [-0.05, 0) is 76.4 Å². The highest BCUT2D eigenvalue weighted by atomic mass is 16.6. The Hall–Kier alpha value is -3.75. The third-order valence-electron chi connectivity index (χ3n) is 5.74. The molecule has 0 aliphatic carbocycles. The molecule has 2 atom stereocenters. The fourth-order valence-electron chi connectivity index (χ4n) is 3.96. The summed E-state index contributed by atoms with van der Waals surface area (Å²) in [5, 5.41) is 25.1. The van der Waals surface area contributed by atoms with Gasteiger partial charge in [0.25, 0.3) is 0 Å². The van der Waals surface area contributed by atoms with E-state index in [0.29, 0.717) is 17.7 Å². The molecule has 9 nitrogen and oxygen atoms in total. The van der Waals surface area contributed by atoms with Gasteiger partial charge in [-0.25, -0.2) is 4.79 Å². The number of hydrogen-bond donors (Lipinski definition) is 4. The molecule has 0 saturated heterocycles. The molecule has 3 amide bonds. The number of aromatic hydroxyl groups is 2. The summed E-state index contributed by atoms with van der Waals surface area (Å²) in [5.41, 5.74) is 0.454. The molecular weight excluding hydrogens is 486 g/mol. The number of carbonyl (C=O) groups is 3. The van der Waals surface area contributed by atoms with Crippen LogP contribution in [-0.4, -0.2) is 57.3 Å². The van der Waals surface area contributed by atoms with Crippen LogP contribution < -0.4 is 10.6 Å². The first-order chi connectivity index (χ1) is 17.8. The Bertz CT molecular complexity index is 1060. The topological polar surface area (TPSA) is 128 Å². The van der Waals surface area contributed by atoms with E-state index < -0.39 is 35.7 Å². The maximum absolute atomic E-state index is 14.2. The number of hydrogen-bond acceptors (Lipinski definition) is 6. The van der Waals surface area contributed by atoms with Gasteiger partial charge in [0.05, 0.1) is 0 Å². The molecule has 4 N–H and O–H groups in total. The van der Waals surface area contributed by atoms with E-state index in [2.05, 4.69) is 10.6 Å². The largest absolute Gasteiger partial charge is 0.508 e. The lowest BCUT2D eigenvalue weighted by Crippen LogP contribution is -2.55. The zero-order chi connectivity index (χ0) is 28.5. The molecule has 208 valence electrons. The second kappa shape index (κ2) is 13.7. The number of phenolic OH excluding ortho intramolecular Hbond substituents is 2. The van der Waals surface area contributed by atoms with E-state index in [-0.39, 0.29) is 23.8 Å². The normalized spacial score (nSPS) is 12.9. The van der Waals surface area contributed by atoms with Crippen LogP contribution in [0.5, 0.6) is 11.5 Å². The lowest BCUT2D eigenvalue weighted by atomic mass is 9.98. The molecule has 9 heteroatoms. The Morgan fingerprint density at radius 1 is 0.947 bits per heavy atom. The molecule has 0 aliphatic rings. The number of nitrogens with zero attached hydrogens (tertiary/aromatic N) is 1. The van der Waals surface area contributed by atoms with Crippen LogP contribution >= 0.6 is 0 Å². The molecule has 2 aromatic rings. The van der Waals surface area contributed by atoms with Crippen LogP contribution in [0.3, 0.4) is 0 Å². The zero-order valence-corrected chi connectivity index (χ0v) is 23.2. The second-order valence-electron chi connectivity index (χ2n) is 10.5. The van der Waals surface area contributed by atoms with Gasteiger partial charge in [0.15, 0.2) is 0 Å². The van der Waals surface area contributed by atoms with E-state index in [4.69, 9.17) is 4.74 Å². The molecule has 0 fully saturated rings. The van der Waals surface area contributed by atoms with Crippen molar-refractivity contribution in [3.05, 3.63) is 59.7 Å². The number of rotatable bonds is 11. The first-order valence-electron chi connectivity index (χ1n) is 13.0. The van der Waals surface area contributed by atoms with E-state index >= 15 is 0 Å². The van der Waals surface area contributed by atoms with Crippen molar-refractivity contribution in [3.8, 4) is 11.5 Å². The van der Waals surface area contributed by atoms with Gasteiger partial charge in [-0.1, -0.05) is 37.6 Å². The van der Waals surface area contributed by atoms with Gasteiger partial charge in [0, 0.05) is 19.0 Å². The second-order valence-corrected chi connectivity index (χ2v) is 10.5. The molecule has 38 heavy (non-hydrogen) atoms. The van der Waals surface area contributed by atoms with E-state index in [9.17, 15) is 24.6 Å². The first kappa shape index (κ1) is 30.5. The lowest BCUT2D eigenvalue weighted by molar-refractivity contribution is -0.144. The van der Waals surface area contributed by atoms with Gasteiger partial charge in [-0.3, -0.25) is 9.59 Å². The Morgan fingerprint density at radius 2 is 1.50 bits per heavy atom. The highest BCUT2D eigenvalue weighted by molar-refractivity contribution is 5.92. The summed E-state index contributed by atoms with van der Waals surface area (Å²) in [7, 11) is 0. The summed E-state index contributed by atoms with van der Waals surface area (Å²) >= 11 is 0. The van der Waals surface area contributed by atoms with Crippen LogP contribution in [0.1, 0.15) is 71.6 Å². The SMILES string of the molecule is CCCCNC(=O)C(c1ccc(O)cc1)N(C(=O)C(Cc1ccc(O)cc1)NC(=O)OC(C)(C)C)C(C)C. The zero-order valence-electron chi connectivity index (χ0n) is 23.2. The Kier molecular flexibility index (Phi) is 11.0. The Balaban J connectivity index is 2.50. The minimum Gasteiger partial charge on any atom is -0.508 e. The van der Waals surface area contributed by atoms with E-state index in [1.807, 2.05) is 6.92 Å². The Labute approximate surface area is 225 Å². The van der Waals surface area contributed by atoms with E-state index in [1.54, 1.807) is 58.9 Å². The van der Waals surface area contributed by atoms with Crippen molar-refractivity contribution in [2.75, 3.05) is 6.54 Å². The summed E-state index contributed by atoms with van der Waals surface area (Å²) in [6.45, 7) is 11.3. The summed E-state index contributed by atoms with van der Waals surface area (Å²) < 4.78 is 5.42. The molecule has 2 aromatic carbocycles. The van der Waals surface area contributed by atoms with Crippen molar-refractivity contribution in [1.29, 1.82) is 0 Å². The Morgan fingerprint density at radius 3 is 2.00 bits per heavy atom. The average molecular weight is 528 g/mol. The number of nitrogens with one attached hydrogen (secondary N) is 2. The van der Waals surface area contributed by atoms with Gasteiger partial charge >= 0.3 is 6.09 Å². The number of ether oxygens (including phenoxy) is 1. The van der Waals surface area contributed by atoms with Crippen LogP contribution in [0, 0.1) is 0 Å². The molecule has 0 bridgehead atoms. The van der Waals surface area contributed by atoms with Crippen molar-refractivity contribution in [2.24, 2.45) is 0 Å². The van der Waals surface area contributed by atoms with Crippen LogP contribution in [-0.2, 0) is 20.7 Å². The maximum Gasteiger partial charge on any atom is 0.408 e. The van der Waals surface area contributed by atoms with E-state index in [0.717, 1.165) is 12.8 Å². The number of amides is 3. The van der Waals surface area contributed by atoms with Crippen LogP contribution in [0.15, 0.2) is 48.5 Å². The fraction of sp³-hybridized carbons (Fsp3) is 0.483. The van der Waals surface area contributed by atoms with Crippen molar-refractivity contribution >= 4 is 17.9 Å². The van der Waals surface area contributed by atoms with Crippen molar-refractivity contribution in [2.45, 2.75) is 84.5 Å². The summed E-state index contributed by atoms with van der Waals surface area (Å²) in [4.78, 5) is 41.8. The quantitative estimate of drug-likeness (QED) is 0.320. The summed E-state index contributed by atoms with van der Waals surface area (Å²) in [6.07, 6.45) is 1.03. The third kappa shape index (κ3) is 9.28. The number of phenols is 2. The number of unbranched alkanes of at least 4 members (excludes halogenated alkanes) is 1. The van der Waals surface area contributed by atoms with Crippen molar-refractivity contribution in [3.63, 3.8) is 0 Å². The standard InChI is InChI=1S/C29H41N3O6/c1-7-8-17-30-26(35)25(21-11-15-23(34)16-12-21)32(19(2)3)27(36)24(31-28(37)38-29(4,5)6)18-20-9-13-22(33)14-10-20/h9-16,19,24-25,33-34H,7-8,17-18H2,1-6H3,(H,30,35)(H,31,37). The predicted octanol–water partition coefficient (Wildman–Crippen LogP) is 4.43. The summed E-state index contributed by atoms with van der Waals surface area (Å²) in [5.74, 6) is -0.704. The average Bonchev–Trinajstić information content (AvgIpc) is 2.82. The van der Waals surface area contributed by atoms with Gasteiger partial charge in [-0.2, -0.15) is 0 Å². The molecule has 2 rings (SSSR count). The molecule has 0 aliphatic heterocycles. The lowest BCUT2D eigenvalue weighted by Gasteiger charge is -2.37. The molecule has 0 aromatic heterocycles. The van der Waals surface area contributed by atoms with Gasteiger partial charge in [0.2, 0.25) is 11.8 Å². The molecule has 0 radical (unpaired) electrons. The smallest absolute Gasteiger partial charge is 0.408 e. The minimum absolute atomic E-state index is 0.0399. The van der Waals surface area contributed by atoms with Crippen LogP contribution in [0.25, 0.3) is 0 Å². The van der Waals surface area contributed by atoms with Gasteiger partial charge in [-0.15, -0.1) is 0 Å². The minimum atomic E-state index is -1.06. The third-order valence-corrected chi connectivity index (χ3v) is 5.74. The highest BCUT2D eigenvalue weighted by Gasteiger charge is 2.37. The molecular formula is C29H41N3O6. The molecule has 0 spiro atoms. The van der Waals surface area contributed by atoms with Crippen LogP contribution in [0.4, 0.5) is 4.79 Å². The number of benzene rings is 2. The predicted molar refractivity (Wildman–Crippen MR) is 146 cm³/mol. The molecule has 2 unspecified atom stereocenters. The van der Waals surface area contributed by atoms with Gasteiger partial charge in [0.1, 0.15) is 29.2 Å². The molecule has 0 saturated carbocycles. The first-order valence-corrected chi connectivity index (χ1v) is 13.0. The van der Waals surface area contributed by atoms with Crippen molar-refractivity contribution < 1.29 is 29.3 Å². The number of alkyl carbamates (subject to hydrolysis) is 1. The monoisotopic (exact) mass is 527 g/mol. The number of carbonyl (C=O) groups excluding carboxylic acids is 3.